The number of rotatable bonds is 10. The fourth-order valence-electron chi connectivity index (χ4n) is 2.61. The van der Waals surface area contributed by atoms with Gasteiger partial charge >= 0.3 is 0 Å². The summed E-state index contributed by atoms with van der Waals surface area (Å²) in [5, 5.41) is 5.27. The molecule has 0 aliphatic rings. The molecule has 0 atom stereocenters. The first-order valence-corrected chi connectivity index (χ1v) is 9.33. The highest BCUT2D eigenvalue weighted by atomic mass is 32.2. The molecule has 0 aliphatic carbocycles. The van der Waals surface area contributed by atoms with Gasteiger partial charge in [-0.1, -0.05) is 47.5 Å². The topological polar surface area (TPSA) is 69.4 Å². The largest absolute Gasteiger partial charge is 0.381 e. The van der Waals surface area contributed by atoms with E-state index in [2.05, 4.69) is 34.6 Å². The standard InChI is InChI=1S/C15H33NO3S/c1-6-8-15(9-7-2,13-20(16,17)18)12-19-11-10-14(3,4)5/h6-13H2,1-5H3,(H2,16,17,18). The average Bonchev–Trinajstić information content (AvgIpc) is 2.21. The van der Waals surface area contributed by atoms with Gasteiger partial charge < -0.3 is 4.74 Å². The minimum absolute atomic E-state index is 0.0250. The minimum atomic E-state index is -3.47. The highest BCUT2D eigenvalue weighted by Gasteiger charge is 2.33. The van der Waals surface area contributed by atoms with Gasteiger partial charge in [-0.3, -0.25) is 0 Å². The molecule has 0 aliphatic heterocycles. The smallest absolute Gasteiger partial charge is 0.209 e. The lowest BCUT2D eigenvalue weighted by Gasteiger charge is -2.33. The zero-order valence-corrected chi connectivity index (χ0v) is 14.7. The van der Waals surface area contributed by atoms with Crippen LogP contribution in [0.25, 0.3) is 0 Å². The quantitative estimate of drug-likeness (QED) is 0.629. The van der Waals surface area contributed by atoms with Gasteiger partial charge in [0, 0.05) is 12.0 Å². The molecule has 0 rings (SSSR count). The first-order chi connectivity index (χ1) is 9.04. The number of sulfonamides is 1. The first kappa shape index (κ1) is 19.9. The van der Waals surface area contributed by atoms with Crippen LogP contribution in [0.5, 0.6) is 0 Å². The number of nitrogens with two attached hydrogens (primary N) is 1. The maximum absolute atomic E-state index is 11.5. The summed E-state index contributed by atoms with van der Waals surface area (Å²) in [5.41, 5.74) is -0.0902. The van der Waals surface area contributed by atoms with Crippen LogP contribution in [0.3, 0.4) is 0 Å². The second kappa shape index (κ2) is 8.35. The lowest BCUT2D eigenvalue weighted by Crippen LogP contribution is -2.38. The molecule has 0 saturated carbocycles. The molecule has 0 amide bonds. The molecule has 0 radical (unpaired) electrons. The van der Waals surface area contributed by atoms with Gasteiger partial charge in [0.25, 0.3) is 0 Å². The minimum Gasteiger partial charge on any atom is -0.381 e. The molecule has 0 aromatic rings. The molecule has 0 saturated heterocycles. The SMILES string of the molecule is CCCC(CCC)(COCCC(C)(C)C)CS(N)(=O)=O. The van der Waals surface area contributed by atoms with E-state index in [4.69, 9.17) is 9.88 Å². The van der Waals surface area contributed by atoms with Crippen molar-refractivity contribution in [1.82, 2.24) is 0 Å². The van der Waals surface area contributed by atoms with Gasteiger partial charge in [-0.15, -0.1) is 0 Å². The van der Waals surface area contributed by atoms with Gasteiger partial charge in [0.1, 0.15) is 0 Å². The van der Waals surface area contributed by atoms with E-state index in [1.54, 1.807) is 0 Å². The number of hydrogen-bond acceptors (Lipinski definition) is 3. The van der Waals surface area contributed by atoms with Gasteiger partial charge in [0.05, 0.1) is 12.4 Å². The summed E-state index contributed by atoms with van der Waals surface area (Å²) in [5.74, 6) is 0.0250. The Morgan fingerprint density at radius 2 is 1.50 bits per heavy atom. The van der Waals surface area contributed by atoms with E-state index in [9.17, 15) is 8.42 Å². The summed E-state index contributed by atoms with van der Waals surface area (Å²) in [6.07, 6.45) is 4.53. The second-order valence-corrected chi connectivity index (χ2v) is 8.78. The number of ether oxygens (including phenoxy) is 1. The molecule has 0 unspecified atom stereocenters. The van der Waals surface area contributed by atoms with Gasteiger partial charge in [0.15, 0.2) is 0 Å². The molecule has 0 heterocycles. The average molecular weight is 308 g/mol. The first-order valence-electron chi connectivity index (χ1n) is 7.62. The third-order valence-corrected chi connectivity index (χ3v) is 4.49. The summed E-state index contributed by atoms with van der Waals surface area (Å²) in [7, 11) is -3.47. The third kappa shape index (κ3) is 9.72. The molecule has 0 aromatic heterocycles. The van der Waals surface area contributed by atoms with Crippen molar-refractivity contribution >= 4 is 10.0 Å². The Morgan fingerprint density at radius 3 is 1.85 bits per heavy atom. The van der Waals surface area contributed by atoms with Gasteiger partial charge in [-0.05, 0) is 24.7 Å². The van der Waals surface area contributed by atoms with Crippen molar-refractivity contribution in [2.75, 3.05) is 19.0 Å². The fraction of sp³-hybridized carbons (Fsp3) is 1.00. The summed E-state index contributed by atoms with van der Waals surface area (Å²) < 4.78 is 28.8. The summed E-state index contributed by atoms with van der Waals surface area (Å²) in [6, 6.07) is 0. The van der Waals surface area contributed by atoms with Crippen molar-refractivity contribution in [3.05, 3.63) is 0 Å². The monoisotopic (exact) mass is 307 g/mol. The van der Waals surface area contributed by atoms with Crippen LogP contribution in [0, 0.1) is 10.8 Å². The zero-order valence-electron chi connectivity index (χ0n) is 13.9. The molecule has 20 heavy (non-hydrogen) atoms. The fourth-order valence-corrected chi connectivity index (χ4v) is 3.84. The van der Waals surface area contributed by atoms with Gasteiger partial charge in [-0.2, -0.15) is 0 Å². The van der Waals surface area contributed by atoms with Crippen molar-refractivity contribution in [3.63, 3.8) is 0 Å². The zero-order chi connectivity index (χ0) is 15.9. The second-order valence-electron chi connectivity index (χ2n) is 7.17. The van der Waals surface area contributed by atoms with Crippen LogP contribution in [0.4, 0.5) is 0 Å². The summed E-state index contributed by atoms with van der Waals surface area (Å²) >= 11 is 0. The molecule has 5 heteroatoms. The molecule has 4 nitrogen and oxygen atoms in total. The van der Waals surface area contributed by atoms with Crippen LogP contribution in [0.1, 0.15) is 66.7 Å². The molecule has 0 spiro atoms. The van der Waals surface area contributed by atoms with Crippen molar-refractivity contribution < 1.29 is 13.2 Å². The van der Waals surface area contributed by atoms with Crippen LogP contribution in [0.2, 0.25) is 0 Å². The number of primary sulfonamides is 1. The van der Waals surface area contributed by atoms with E-state index in [0.29, 0.717) is 13.2 Å². The van der Waals surface area contributed by atoms with Crippen LogP contribution < -0.4 is 5.14 Å². The Balaban J connectivity index is 4.66. The Labute approximate surface area is 125 Å². The lowest BCUT2D eigenvalue weighted by molar-refractivity contribution is 0.0319. The van der Waals surface area contributed by atoms with E-state index < -0.39 is 10.0 Å². The highest BCUT2D eigenvalue weighted by Crippen LogP contribution is 2.32. The van der Waals surface area contributed by atoms with E-state index in [-0.39, 0.29) is 16.6 Å². The molecule has 0 fully saturated rings. The van der Waals surface area contributed by atoms with Crippen molar-refractivity contribution in [1.29, 1.82) is 0 Å². The van der Waals surface area contributed by atoms with Crippen molar-refractivity contribution in [2.45, 2.75) is 66.7 Å². The third-order valence-electron chi connectivity index (χ3n) is 3.47. The predicted molar refractivity (Wildman–Crippen MR) is 85.1 cm³/mol. The Bertz CT molecular complexity index is 352. The molecule has 2 N–H and O–H groups in total. The summed E-state index contributed by atoms with van der Waals surface area (Å²) in [4.78, 5) is 0. The van der Waals surface area contributed by atoms with E-state index in [1.807, 2.05) is 0 Å². The van der Waals surface area contributed by atoms with Crippen LogP contribution >= 0.6 is 0 Å². The van der Waals surface area contributed by atoms with Crippen LogP contribution in [0.15, 0.2) is 0 Å². The highest BCUT2D eigenvalue weighted by molar-refractivity contribution is 7.89. The van der Waals surface area contributed by atoms with E-state index in [0.717, 1.165) is 32.1 Å². The van der Waals surface area contributed by atoms with Crippen molar-refractivity contribution in [3.8, 4) is 0 Å². The maximum Gasteiger partial charge on any atom is 0.209 e. The molecular weight excluding hydrogens is 274 g/mol. The Kier molecular flexibility index (Phi) is 8.29. The summed E-state index contributed by atoms with van der Waals surface area (Å²) in [6.45, 7) is 11.8. The molecule has 0 bridgehead atoms. The van der Waals surface area contributed by atoms with E-state index >= 15 is 0 Å². The maximum atomic E-state index is 11.5. The number of hydrogen-bond donors (Lipinski definition) is 1. The Hall–Kier alpha value is -0.130. The van der Waals surface area contributed by atoms with Crippen LogP contribution in [-0.2, 0) is 14.8 Å². The van der Waals surface area contributed by atoms with Crippen LogP contribution in [-0.4, -0.2) is 27.4 Å². The Morgan fingerprint density at radius 1 is 1.00 bits per heavy atom. The molecular formula is C15H33NO3S. The predicted octanol–water partition coefficient (Wildman–Crippen LogP) is 3.31. The van der Waals surface area contributed by atoms with E-state index in [1.165, 1.54) is 0 Å². The molecule has 0 aromatic carbocycles. The molecule has 122 valence electrons. The van der Waals surface area contributed by atoms with Crippen molar-refractivity contribution in [2.24, 2.45) is 16.0 Å². The normalized spacial score (nSPS) is 13.7. The van der Waals surface area contributed by atoms with Gasteiger partial charge in [-0.25, -0.2) is 13.6 Å². The van der Waals surface area contributed by atoms with Gasteiger partial charge in [0.2, 0.25) is 10.0 Å². The lowest BCUT2D eigenvalue weighted by atomic mass is 9.82.